The van der Waals surface area contributed by atoms with Crippen LogP contribution >= 0.6 is 0 Å². The maximum atomic E-state index is 12.0. The Morgan fingerprint density at radius 3 is 2.62 bits per heavy atom. The Bertz CT molecular complexity index is 1090. The van der Waals surface area contributed by atoms with Crippen LogP contribution < -0.4 is 16.3 Å². The second-order valence-corrected chi connectivity index (χ2v) is 7.53. The van der Waals surface area contributed by atoms with Crippen molar-refractivity contribution in [2.75, 3.05) is 17.2 Å². The summed E-state index contributed by atoms with van der Waals surface area (Å²) in [5.74, 6) is 0.277. The lowest BCUT2D eigenvalue weighted by Crippen LogP contribution is -2.16. The molecule has 29 heavy (non-hydrogen) atoms. The largest absolute Gasteiger partial charge is 0.449 e. The van der Waals surface area contributed by atoms with E-state index in [1.807, 2.05) is 58.0 Å². The summed E-state index contributed by atoms with van der Waals surface area (Å²) in [5, 5.41) is 6.94. The number of rotatable bonds is 6. The molecule has 1 aromatic heterocycles. The van der Waals surface area contributed by atoms with Crippen LogP contribution in [0.15, 0.2) is 51.7 Å². The quantitative estimate of drug-likeness (QED) is 0.560. The van der Waals surface area contributed by atoms with Gasteiger partial charge in [0.05, 0.1) is 6.61 Å². The van der Waals surface area contributed by atoms with Crippen molar-refractivity contribution >= 4 is 28.4 Å². The number of ether oxygens (including phenoxy) is 1. The van der Waals surface area contributed by atoms with E-state index in [0.717, 1.165) is 27.8 Å². The molecule has 0 aliphatic rings. The third-order valence-electron chi connectivity index (χ3n) is 4.66. The Labute approximate surface area is 169 Å². The average molecular weight is 394 g/mol. The lowest BCUT2D eigenvalue weighted by Gasteiger charge is -2.12. The van der Waals surface area contributed by atoms with Crippen molar-refractivity contribution in [1.29, 1.82) is 0 Å². The predicted octanol–water partition coefficient (Wildman–Crippen LogP) is 5.23. The number of anilines is 2. The molecular weight excluding hydrogens is 368 g/mol. The topological polar surface area (TPSA) is 80.6 Å². The predicted molar refractivity (Wildman–Crippen MR) is 116 cm³/mol. The maximum Gasteiger partial charge on any atom is 0.411 e. The Balaban J connectivity index is 1.75. The Hall–Kier alpha value is -3.28. The van der Waals surface area contributed by atoms with Crippen molar-refractivity contribution in [3.05, 3.63) is 69.6 Å². The number of benzene rings is 2. The highest BCUT2D eigenvalue weighted by Crippen LogP contribution is 2.24. The van der Waals surface area contributed by atoms with Gasteiger partial charge in [-0.25, -0.2) is 9.59 Å². The Morgan fingerprint density at radius 1 is 1.10 bits per heavy atom. The molecule has 0 fully saturated rings. The summed E-state index contributed by atoms with van der Waals surface area (Å²) in [4.78, 5) is 23.9. The first-order valence-corrected chi connectivity index (χ1v) is 9.64. The summed E-state index contributed by atoms with van der Waals surface area (Å²) >= 11 is 0. The van der Waals surface area contributed by atoms with Crippen LogP contribution in [0.2, 0.25) is 0 Å². The van der Waals surface area contributed by atoms with Crippen LogP contribution in [-0.4, -0.2) is 12.7 Å². The van der Waals surface area contributed by atoms with Crippen LogP contribution in [-0.2, 0) is 11.3 Å². The van der Waals surface area contributed by atoms with Crippen LogP contribution in [0, 0.1) is 19.8 Å². The number of amides is 1. The third-order valence-corrected chi connectivity index (χ3v) is 4.66. The fourth-order valence-electron chi connectivity index (χ4n) is 2.97. The molecule has 0 saturated heterocycles. The van der Waals surface area contributed by atoms with E-state index in [9.17, 15) is 9.59 Å². The molecule has 1 amide bonds. The number of nitrogens with one attached hydrogen (secondary N) is 2. The number of fused-ring (bicyclic) bond motifs is 1. The van der Waals surface area contributed by atoms with Crippen molar-refractivity contribution in [1.82, 2.24) is 0 Å². The van der Waals surface area contributed by atoms with Crippen molar-refractivity contribution in [2.24, 2.45) is 5.92 Å². The first-order valence-electron chi connectivity index (χ1n) is 9.64. The summed E-state index contributed by atoms with van der Waals surface area (Å²) < 4.78 is 10.6. The van der Waals surface area contributed by atoms with E-state index in [1.54, 1.807) is 6.07 Å². The number of carbonyl (C=O) groups excluding carboxylic acids is 1. The standard InChI is InChI=1S/C23H26N2O4/c1-14(2)13-28-23(27)25-19-7-5-6-18(11-19)24-12-17-10-21(26)29-22-16(4)15(3)8-9-20(17)22/h5-11,14,24H,12-13H2,1-4H3,(H,25,27). The highest BCUT2D eigenvalue weighted by atomic mass is 16.5. The summed E-state index contributed by atoms with van der Waals surface area (Å²) in [6, 6.07) is 12.9. The molecule has 3 rings (SSSR count). The van der Waals surface area contributed by atoms with Gasteiger partial charge in [0.15, 0.2) is 0 Å². The van der Waals surface area contributed by atoms with E-state index in [1.165, 1.54) is 6.07 Å². The van der Waals surface area contributed by atoms with Gasteiger partial charge in [0.2, 0.25) is 0 Å². The normalized spacial score (nSPS) is 10.9. The van der Waals surface area contributed by atoms with Gasteiger partial charge < -0.3 is 14.5 Å². The Morgan fingerprint density at radius 2 is 1.86 bits per heavy atom. The zero-order chi connectivity index (χ0) is 21.0. The highest BCUT2D eigenvalue weighted by molar-refractivity contribution is 5.86. The molecular formula is C23H26N2O4. The average Bonchev–Trinajstić information content (AvgIpc) is 2.68. The molecule has 0 aliphatic heterocycles. The number of carbonyl (C=O) groups is 1. The van der Waals surface area contributed by atoms with Crippen molar-refractivity contribution < 1.29 is 13.9 Å². The second kappa shape index (κ2) is 8.82. The lowest BCUT2D eigenvalue weighted by molar-refractivity contribution is 0.147. The molecule has 3 aromatic rings. The molecule has 2 aromatic carbocycles. The molecule has 0 spiro atoms. The van der Waals surface area contributed by atoms with E-state index >= 15 is 0 Å². The first kappa shape index (κ1) is 20.5. The van der Waals surface area contributed by atoms with Gasteiger partial charge in [0.1, 0.15) is 5.58 Å². The van der Waals surface area contributed by atoms with Gasteiger partial charge in [-0.15, -0.1) is 0 Å². The fourth-order valence-corrected chi connectivity index (χ4v) is 2.97. The SMILES string of the molecule is Cc1ccc2c(CNc3cccc(NC(=O)OCC(C)C)c3)cc(=O)oc2c1C. The number of hydrogen-bond donors (Lipinski definition) is 2. The molecule has 152 valence electrons. The first-order chi connectivity index (χ1) is 13.8. The minimum absolute atomic E-state index is 0.277. The van der Waals surface area contributed by atoms with Crippen LogP contribution in [0.4, 0.5) is 16.2 Å². The summed E-state index contributed by atoms with van der Waals surface area (Å²) in [6.45, 7) is 8.72. The van der Waals surface area contributed by atoms with Crippen molar-refractivity contribution in [3.8, 4) is 0 Å². The van der Waals surface area contributed by atoms with Gasteiger partial charge in [0, 0.05) is 29.4 Å². The van der Waals surface area contributed by atoms with Gasteiger partial charge in [-0.3, -0.25) is 5.32 Å². The zero-order valence-electron chi connectivity index (χ0n) is 17.2. The third kappa shape index (κ3) is 5.16. The molecule has 6 heteroatoms. The molecule has 1 heterocycles. The van der Waals surface area contributed by atoms with Crippen LogP contribution in [0.1, 0.15) is 30.5 Å². The van der Waals surface area contributed by atoms with Gasteiger partial charge >= 0.3 is 11.7 Å². The van der Waals surface area contributed by atoms with Crippen LogP contribution in [0.3, 0.4) is 0 Å². The smallest absolute Gasteiger partial charge is 0.411 e. The van der Waals surface area contributed by atoms with Crippen molar-refractivity contribution in [2.45, 2.75) is 34.2 Å². The molecule has 0 bridgehead atoms. The molecule has 0 radical (unpaired) electrons. The number of hydrogen-bond acceptors (Lipinski definition) is 5. The van der Waals surface area contributed by atoms with E-state index < -0.39 is 6.09 Å². The summed E-state index contributed by atoms with van der Waals surface area (Å²) in [5.41, 5.74) is 4.60. The summed E-state index contributed by atoms with van der Waals surface area (Å²) in [6.07, 6.45) is -0.478. The van der Waals surface area contributed by atoms with Crippen LogP contribution in [0.25, 0.3) is 11.0 Å². The molecule has 0 atom stereocenters. The number of aryl methyl sites for hydroxylation is 2. The summed E-state index contributed by atoms with van der Waals surface area (Å²) in [7, 11) is 0. The van der Waals surface area contributed by atoms with Crippen LogP contribution in [0.5, 0.6) is 0 Å². The van der Waals surface area contributed by atoms with E-state index in [4.69, 9.17) is 9.15 Å². The van der Waals surface area contributed by atoms with E-state index in [0.29, 0.717) is 24.4 Å². The van der Waals surface area contributed by atoms with E-state index in [2.05, 4.69) is 10.6 Å². The monoisotopic (exact) mass is 394 g/mol. The Kier molecular flexibility index (Phi) is 6.22. The zero-order valence-corrected chi connectivity index (χ0v) is 17.2. The molecule has 2 N–H and O–H groups in total. The van der Waals surface area contributed by atoms with Crippen molar-refractivity contribution in [3.63, 3.8) is 0 Å². The molecule has 0 unspecified atom stereocenters. The molecule has 6 nitrogen and oxygen atoms in total. The minimum Gasteiger partial charge on any atom is -0.449 e. The van der Waals surface area contributed by atoms with Gasteiger partial charge in [-0.05, 0) is 54.7 Å². The minimum atomic E-state index is -0.478. The van der Waals surface area contributed by atoms with E-state index in [-0.39, 0.29) is 11.5 Å². The second-order valence-electron chi connectivity index (χ2n) is 7.53. The molecule has 0 aliphatic carbocycles. The van der Waals surface area contributed by atoms with Gasteiger partial charge in [-0.2, -0.15) is 0 Å². The fraction of sp³-hybridized carbons (Fsp3) is 0.304. The maximum absolute atomic E-state index is 12.0. The van der Waals surface area contributed by atoms with Gasteiger partial charge in [-0.1, -0.05) is 32.0 Å². The molecule has 0 saturated carbocycles. The lowest BCUT2D eigenvalue weighted by atomic mass is 10.0. The van der Waals surface area contributed by atoms with Gasteiger partial charge in [0.25, 0.3) is 0 Å². The highest BCUT2D eigenvalue weighted by Gasteiger charge is 2.10.